The van der Waals surface area contributed by atoms with Gasteiger partial charge < -0.3 is 19.7 Å². The molecule has 1 aliphatic heterocycles. The van der Waals surface area contributed by atoms with Crippen molar-refractivity contribution in [2.75, 3.05) is 39.9 Å². The van der Waals surface area contributed by atoms with Gasteiger partial charge in [0.15, 0.2) is 5.96 Å². The molecule has 0 bridgehead atoms. The highest BCUT2D eigenvalue weighted by atomic mass is 16.5. The van der Waals surface area contributed by atoms with Crippen LogP contribution in [0.1, 0.15) is 45.1 Å². The number of aliphatic imine (C=N–C) groups is 1. The summed E-state index contributed by atoms with van der Waals surface area (Å²) in [5.41, 5.74) is 1.45. The number of hydrogen-bond donors (Lipinski definition) is 1. The zero-order valence-corrected chi connectivity index (χ0v) is 16.5. The van der Waals surface area contributed by atoms with Crippen LogP contribution in [-0.2, 0) is 10.2 Å². The normalized spacial score (nSPS) is 20.1. The molecule has 2 fully saturated rings. The maximum atomic E-state index is 5.78. The predicted molar refractivity (Wildman–Crippen MR) is 106 cm³/mol. The third-order valence-electron chi connectivity index (χ3n) is 5.54. The van der Waals surface area contributed by atoms with Crippen molar-refractivity contribution in [2.24, 2.45) is 4.99 Å². The van der Waals surface area contributed by atoms with Gasteiger partial charge in [0.05, 0.1) is 19.8 Å². The lowest BCUT2D eigenvalue weighted by atomic mass is 9.95. The van der Waals surface area contributed by atoms with E-state index in [1.54, 1.807) is 7.11 Å². The van der Waals surface area contributed by atoms with Crippen molar-refractivity contribution >= 4 is 5.96 Å². The summed E-state index contributed by atoms with van der Waals surface area (Å²) in [4.78, 5) is 7.42. The Kier molecular flexibility index (Phi) is 6.41. The van der Waals surface area contributed by atoms with Crippen molar-refractivity contribution in [2.45, 2.75) is 51.0 Å². The fraction of sp³-hybridized carbons (Fsp3) is 0.667. The highest BCUT2D eigenvalue weighted by molar-refractivity contribution is 5.80. The van der Waals surface area contributed by atoms with Crippen LogP contribution in [0.3, 0.4) is 0 Å². The first-order chi connectivity index (χ1) is 12.7. The molecule has 3 rings (SSSR count). The van der Waals surface area contributed by atoms with Crippen LogP contribution in [0.4, 0.5) is 0 Å². The van der Waals surface area contributed by atoms with Crippen molar-refractivity contribution in [1.29, 1.82) is 0 Å². The molecule has 1 N–H and O–H groups in total. The fourth-order valence-corrected chi connectivity index (χ4v) is 3.87. The summed E-state index contributed by atoms with van der Waals surface area (Å²) in [5, 5.41) is 3.48. The molecule has 26 heavy (non-hydrogen) atoms. The number of guanidine groups is 1. The predicted octanol–water partition coefficient (Wildman–Crippen LogP) is 3.19. The monoisotopic (exact) mass is 359 g/mol. The van der Waals surface area contributed by atoms with Gasteiger partial charge in [-0.3, -0.25) is 4.99 Å². The van der Waals surface area contributed by atoms with Gasteiger partial charge in [-0.15, -0.1) is 0 Å². The minimum Gasteiger partial charge on any atom is -0.496 e. The smallest absolute Gasteiger partial charge is 0.193 e. The number of rotatable bonds is 7. The summed E-state index contributed by atoms with van der Waals surface area (Å²) in [6, 6.07) is 8.39. The lowest BCUT2D eigenvalue weighted by Gasteiger charge is -2.34. The van der Waals surface area contributed by atoms with Crippen LogP contribution in [0.2, 0.25) is 0 Å². The Labute approximate surface area is 157 Å². The average Bonchev–Trinajstić information content (AvgIpc) is 3.47. The third-order valence-corrected chi connectivity index (χ3v) is 5.54. The molecule has 5 heteroatoms. The van der Waals surface area contributed by atoms with Gasteiger partial charge in [0.2, 0.25) is 0 Å². The topological polar surface area (TPSA) is 46.1 Å². The van der Waals surface area contributed by atoms with Gasteiger partial charge in [-0.05, 0) is 45.6 Å². The average molecular weight is 360 g/mol. The largest absolute Gasteiger partial charge is 0.496 e. The number of piperidine rings is 1. The second kappa shape index (κ2) is 8.76. The number of hydrogen-bond acceptors (Lipinski definition) is 3. The molecule has 1 saturated carbocycles. The number of nitrogens with zero attached hydrogens (tertiary/aromatic N) is 2. The summed E-state index contributed by atoms with van der Waals surface area (Å²) >= 11 is 0. The van der Waals surface area contributed by atoms with Crippen molar-refractivity contribution in [3.05, 3.63) is 29.8 Å². The molecule has 5 nitrogen and oxygen atoms in total. The maximum Gasteiger partial charge on any atom is 0.193 e. The molecule has 1 aliphatic carbocycles. The lowest BCUT2D eigenvalue weighted by Crippen LogP contribution is -2.47. The van der Waals surface area contributed by atoms with Gasteiger partial charge >= 0.3 is 0 Å². The molecule has 0 radical (unpaired) electrons. The van der Waals surface area contributed by atoms with Gasteiger partial charge in [-0.1, -0.05) is 18.2 Å². The highest BCUT2D eigenvalue weighted by Crippen LogP contribution is 2.51. The van der Waals surface area contributed by atoms with Crippen LogP contribution in [0.25, 0.3) is 0 Å². The summed E-state index contributed by atoms with van der Waals surface area (Å²) in [6.45, 7) is 8.75. The molecular formula is C21H33N3O2. The minimum absolute atomic E-state index is 0.150. The van der Waals surface area contributed by atoms with Crippen molar-refractivity contribution in [3.8, 4) is 5.75 Å². The number of nitrogens with one attached hydrogen (secondary N) is 1. The zero-order valence-electron chi connectivity index (χ0n) is 16.5. The van der Waals surface area contributed by atoms with E-state index in [0.29, 0.717) is 6.10 Å². The van der Waals surface area contributed by atoms with E-state index in [-0.39, 0.29) is 5.41 Å². The van der Waals surface area contributed by atoms with Gasteiger partial charge in [0.25, 0.3) is 0 Å². The zero-order chi connectivity index (χ0) is 18.4. The molecule has 1 saturated heterocycles. The second-order valence-electron chi connectivity index (χ2n) is 7.29. The minimum atomic E-state index is 0.150. The SMILES string of the molecule is CCNC(=NCC1(c2ccccc2OC)CC1)N1CCC(OCC)CC1. The molecular weight excluding hydrogens is 326 g/mol. The van der Waals surface area contributed by atoms with Gasteiger partial charge in [-0.25, -0.2) is 0 Å². The molecule has 1 aromatic carbocycles. The van der Waals surface area contributed by atoms with Crippen molar-refractivity contribution in [3.63, 3.8) is 0 Å². The standard InChI is InChI=1S/C21H33N3O2/c1-4-22-20(24-14-10-17(11-15-24)26-5-2)23-16-21(12-13-21)18-8-6-7-9-19(18)25-3/h6-9,17H,4-5,10-16H2,1-3H3,(H,22,23). The molecule has 0 aromatic heterocycles. The van der Waals surface area contributed by atoms with Crippen molar-refractivity contribution in [1.82, 2.24) is 10.2 Å². The van der Waals surface area contributed by atoms with Crippen LogP contribution in [-0.4, -0.2) is 56.9 Å². The third kappa shape index (κ3) is 4.32. The summed E-state index contributed by atoms with van der Waals surface area (Å²) in [5.74, 6) is 2.03. The molecule has 0 amide bonds. The lowest BCUT2D eigenvalue weighted by molar-refractivity contribution is 0.0263. The summed E-state index contributed by atoms with van der Waals surface area (Å²) in [6.07, 6.45) is 4.93. The van der Waals surface area contributed by atoms with Crippen molar-refractivity contribution < 1.29 is 9.47 Å². The molecule has 1 aromatic rings. The molecule has 144 valence electrons. The molecule has 0 unspecified atom stereocenters. The molecule has 1 heterocycles. The van der Waals surface area contributed by atoms with Crippen LogP contribution < -0.4 is 10.1 Å². The number of likely N-dealkylation sites (tertiary alicyclic amines) is 1. The van der Waals surface area contributed by atoms with Crippen LogP contribution in [0, 0.1) is 0 Å². The fourth-order valence-electron chi connectivity index (χ4n) is 3.87. The van der Waals surface area contributed by atoms with Gasteiger partial charge in [-0.2, -0.15) is 0 Å². The van der Waals surface area contributed by atoms with E-state index in [4.69, 9.17) is 14.5 Å². The van der Waals surface area contributed by atoms with E-state index in [9.17, 15) is 0 Å². The Morgan fingerprint density at radius 3 is 2.58 bits per heavy atom. The van der Waals surface area contributed by atoms with Crippen LogP contribution in [0.15, 0.2) is 29.3 Å². The molecule has 2 aliphatic rings. The maximum absolute atomic E-state index is 5.78. The second-order valence-corrected chi connectivity index (χ2v) is 7.29. The summed E-state index contributed by atoms with van der Waals surface area (Å²) < 4.78 is 11.4. The molecule has 0 atom stereocenters. The number of methoxy groups -OCH3 is 1. The molecule has 0 spiro atoms. The van der Waals surface area contributed by atoms with E-state index in [1.165, 1.54) is 18.4 Å². The van der Waals surface area contributed by atoms with E-state index >= 15 is 0 Å². The quantitative estimate of drug-likeness (QED) is 0.600. The Balaban J connectivity index is 1.68. The Hall–Kier alpha value is -1.75. The Morgan fingerprint density at radius 2 is 1.96 bits per heavy atom. The Morgan fingerprint density at radius 1 is 1.23 bits per heavy atom. The first-order valence-electron chi connectivity index (χ1n) is 10.0. The van der Waals surface area contributed by atoms with E-state index in [2.05, 4.69) is 42.3 Å². The van der Waals surface area contributed by atoms with Gasteiger partial charge in [0.1, 0.15) is 5.75 Å². The van der Waals surface area contributed by atoms with Gasteiger partial charge in [0, 0.05) is 37.2 Å². The van der Waals surface area contributed by atoms with E-state index in [1.807, 2.05) is 6.07 Å². The number of benzene rings is 1. The Bertz CT molecular complexity index is 605. The first-order valence-corrected chi connectivity index (χ1v) is 10.0. The first kappa shape index (κ1) is 19.0. The van der Waals surface area contributed by atoms with E-state index in [0.717, 1.165) is 57.3 Å². The van der Waals surface area contributed by atoms with Crippen LogP contribution in [0.5, 0.6) is 5.75 Å². The van der Waals surface area contributed by atoms with Crippen LogP contribution >= 0.6 is 0 Å². The number of ether oxygens (including phenoxy) is 2. The highest BCUT2D eigenvalue weighted by Gasteiger charge is 2.46. The summed E-state index contributed by atoms with van der Waals surface area (Å²) in [7, 11) is 1.75. The number of para-hydroxylation sites is 1. The van der Waals surface area contributed by atoms with E-state index < -0.39 is 0 Å².